The van der Waals surface area contributed by atoms with Crippen LogP contribution in [0.5, 0.6) is 0 Å². The molecule has 0 spiro atoms. The zero-order chi connectivity index (χ0) is 14.7. The van der Waals surface area contributed by atoms with Crippen molar-refractivity contribution in [3.05, 3.63) is 28.4 Å². The maximum atomic E-state index is 12.1. The van der Waals surface area contributed by atoms with Crippen molar-refractivity contribution in [1.82, 2.24) is 14.5 Å². The molecule has 0 aliphatic carbocycles. The molecule has 0 bridgehead atoms. The molecule has 0 unspecified atom stereocenters. The Morgan fingerprint density at radius 3 is 2.60 bits per heavy atom. The molecule has 20 heavy (non-hydrogen) atoms. The average molecular weight is 279 g/mol. The van der Waals surface area contributed by atoms with Crippen molar-refractivity contribution in [3.63, 3.8) is 0 Å². The van der Waals surface area contributed by atoms with Gasteiger partial charge >= 0.3 is 5.97 Å². The first-order valence-corrected chi connectivity index (χ1v) is 6.51. The zero-order valence-corrected chi connectivity index (χ0v) is 11.3. The minimum absolute atomic E-state index is 0.0517. The van der Waals surface area contributed by atoms with Crippen LogP contribution >= 0.6 is 0 Å². The van der Waals surface area contributed by atoms with Crippen LogP contribution in [0.25, 0.3) is 0 Å². The summed E-state index contributed by atoms with van der Waals surface area (Å²) in [6, 6.07) is 1.38. The fraction of sp³-hybridized carbons (Fsp3) is 0.538. The summed E-state index contributed by atoms with van der Waals surface area (Å²) in [6.45, 7) is 2.50. The quantitative estimate of drug-likeness (QED) is 0.832. The van der Waals surface area contributed by atoms with Gasteiger partial charge < -0.3 is 10.0 Å². The van der Waals surface area contributed by atoms with Crippen molar-refractivity contribution in [3.8, 4) is 0 Å². The van der Waals surface area contributed by atoms with Gasteiger partial charge in [0.05, 0.1) is 12.2 Å². The van der Waals surface area contributed by atoms with Crippen molar-refractivity contribution in [2.24, 2.45) is 5.92 Å². The molecule has 0 atom stereocenters. The molecule has 2 rings (SSSR count). The maximum Gasteiger partial charge on any atom is 0.306 e. The van der Waals surface area contributed by atoms with E-state index in [1.165, 1.54) is 17.0 Å². The highest BCUT2D eigenvalue weighted by atomic mass is 16.4. The normalized spacial score (nSPS) is 16.1. The maximum absolute atomic E-state index is 12.1. The minimum atomic E-state index is -0.809. The van der Waals surface area contributed by atoms with Gasteiger partial charge in [-0.1, -0.05) is 0 Å². The molecule has 1 aromatic rings. The third-order valence-corrected chi connectivity index (χ3v) is 3.52. The van der Waals surface area contributed by atoms with Gasteiger partial charge in [-0.3, -0.25) is 19.0 Å². The summed E-state index contributed by atoms with van der Waals surface area (Å²) in [7, 11) is 0. The number of hydrogen-bond acceptors (Lipinski definition) is 4. The van der Waals surface area contributed by atoms with Gasteiger partial charge in [0.15, 0.2) is 0 Å². The summed E-state index contributed by atoms with van der Waals surface area (Å²) in [5, 5.41) is 8.90. The highest BCUT2D eigenvalue weighted by molar-refractivity contribution is 5.76. The molecule has 2 heterocycles. The van der Waals surface area contributed by atoms with Gasteiger partial charge in [0, 0.05) is 24.8 Å². The van der Waals surface area contributed by atoms with Crippen molar-refractivity contribution in [2.75, 3.05) is 13.1 Å². The number of piperidine rings is 1. The van der Waals surface area contributed by atoms with E-state index in [1.54, 1.807) is 11.8 Å². The predicted molar refractivity (Wildman–Crippen MR) is 70.2 cm³/mol. The fourth-order valence-electron chi connectivity index (χ4n) is 2.26. The molecule has 0 radical (unpaired) electrons. The van der Waals surface area contributed by atoms with Crippen LogP contribution in [0, 0.1) is 12.8 Å². The Morgan fingerprint density at radius 2 is 2.05 bits per heavy atom. The van der Waals surface area contributed by atoms with Crippen molar-refractivity contribution < 1.29 is 14.7 Å². The molecule has 1 aliphatic rings. The number of carboxylic acids is 1. The lowest BCUT2D eigenvalue weighted by molar-refractivity contribution is -0.145. The first kappa shape index (κ1) is 14.2. The number of hydrogen-bond donors (Lipinski definition) is 1. The molecular formula is C13H17N3O4. The molecule has 1 aliphatic heterocycles. The van der Waals surface area contributed by atoms with Crippen LogP contribution in [0.15, 0.2) is 17.2 Å². The molecule has 0 aromatic carbocycles. The fourth-order valence-corrected chi connectivity index (χ4v) is 2.26. The van der Waals surface area contributed by atoms with Gasteiger partial charge in [0.1, 0.15) is 6.54 Å². The largest absolute Gasteiger partial charge is 0.481 e. The van der Waals surface area contributed by atoms with Crippen LogP contribution in [0.4, 0.5) is 0 Å². The van der Waals surface area contributed by atoms with Crippen LogP contribution in [-0.4, -0.2) is 44.5 Å². The lowest BCUT2D eigenvalue weighted by atomic mass is 9.97. The zero-order valence-electron chi connectivity index (χ0n) is 11.3. The van der Waals surface area contributed by atoms with Gasteiger partial charge in [-0.25, -0.2) is 4.98 Å². The van der Waals surface area contributed by atoms with Crippen LogP contribution in [-0.2, 0) is 16.1 Å². The molecule has 1 saturated heterocycles. The molecular weight excluding hydrogens is 262 g/mol. The first-order valence-electron chi connectivity index (χ1n) is 6.51. The summed E-state index contributed by atoms with van der Waals surface area (Å²) in [5.41, 5.74) is 0.354. The van der Waals surface area contributed by atoms with Gasteiger partial charge in [-0.2, -0.15) is 0 Å². The first-order chi connectivity index (χ1) is 9.47. The number of likely N-dealkylation sites (tertiary alicyclic amines) is 1. The molecule has 7 nitrogen and oxygen atoms in total. The minimum Gasteiger partial charge on any atom is -0.481 e. The molecule has 1 N–H and O–H groups in total. The van der Waals surface area contributed by atoms with Crippen molar-refractivity contribution in [2.45, 2.75) is 26.3 Å². The van der Waals surface area contributed by atoms with Crippen molar-refractivity contribution in [1.29, 1.82) is 0 Å². The van der Waals surface area contributed by atoms with Crippen LogP contribution in [0.1, 0.15) is 18.5 Å². The lowest BCUT2D eigenvalue weighted by Crippen LogP contribution is -2.42. The Balaban J connectivity index is 1.96. The average Bonchev–Trinajstić information content (AvgIpc) is 2.42. The highest BCUT2D eigenvalue weighted by Gasteiger charge is 2.26. The lowest BCUT2D eigenvalue weighted by Gasteiger charge is -2.30. The summed E-state index contributed by atoms with van der Waals surface area (Å²) in [5.74, 6) is -1.36. The Labute approximate surface area is 115 Å². The topological polar surface area (TPSA) is 92.5 Å². The SMILES string of the molecule is Cc1cc(=O)n(CC(=O)N2CCC(C(=O)O)CC2)cn1. The second-order valence-electron chi connectivity index (χ2n) is 4.99. The number of aryl methyl sites for hydroxylation is 1. The Bertz CT molecular complexity index is 573. The molecule has 7 heteroatoms. The number of amides is 1. The molecule has 1 aromatic heterocycles. The van der Waals surface area contributed by atoms with E-state index < -0.39 is 5.97 Å². The predicted octanol–water partition coefficient (Wildman–Crippen LogP) is -0.125. The Kier molecular flexibility index (Phi) is 4.16. The van der Waals surface area contributed by atoms with Crippen LogP contribution in [0.3, 0.4) is 0 Å². The molecule has 108 valence electrons. The highest BCUT2D eigenvalue weighted by Crippen LogP contribution is 2.17. The number of nitrogens with zero attached hydrogens (tertiary/aromatic N) is 3. The Hall–Kier alpha value is -2.18. The van der Waals surface area contributed by atoms with Crippen LogP contribution < -0.4 is 5.56 Å². The second kappa shape index (κ2) is 5.85. The summed E-state index contributed by atoms with van der Waals surface area (Å²) in [6.07, 6.45) is 2.28. The van der Waals surface area contributed by atoms with Gasteiger partial charge in [-0.05, 0) is 19.8 Å². The van der Waals surface area contributed by atoms with E-state index in [1.807, 2.05) is 0 Å². The van der Waals surface area contributed by atoms with E-state index in [-0.39, 0.29) is 23.9 Å². The third-order valence-electron chi connectivity index (χ3n) is 3.52. The van der Waals surface area contributed by atoms with E-state index in [9.17, 15) is 14.4 Å². The Morgan fingerprint density at radius 1 is 1.40 bits per heavy atom. The van der Waals surface area contributed by atoms with Gasteiger partial charge in [-0.15, -0.1) is 0 Å². The van der Waals surface area contributed by atoms with Gasteiger partial charge in [0.25, 0.3) is 5.56 Å². The van der Waals surface area contributed by atoms with E-state index in [2.05, 4.69) is 4.98 Å². The molecule has 1 fully saturated rings. The number of carbonyl (C=O) groups is 2. The number of aliphatic carboxylic acids is 1. The van der Waals surface area contributed by atoms with E-state index in [0.717, 1.165) is 0 Å². The summed E-state index contributed by atoms with van der Waals surface area (Å²) < 4.78 is 1.26. The number of carboxylic acid groups (broad SMARTS) is 1. The van der Waals surface area contributed by atoms with Crippen LogP contribution in [0.2, 0.25) is 0 Å². The van der Waals surface area contributed by atoms with E-state index >= 15 is 0 Å². The summed E-state index contributed by atoms with van der Waals surface area (Å²) >= 11 is 0. The summed E-state index contributed by atoms with van der Waals surface area (Å²) in [4.78, 5) is 40.2. The van der Waals surface area contributed by atoms with E-state index in [0.29, 0.717) is 31.6 Å². The second-order valence-corrected chi connectivity index (χ2v) is 4.99. The molecule has 0 saturated carbocycles. The van der Waals surface area contributed by atoms with Gasteiger partial charge in [0.2, 0.25) is 5.91 Å². The number of aromatic nitrogens is 2. The van der Waals surface area contributed by atoms with Crippen molar-refractivity contribution >= 4 is 11.9 Å². The molecule has 1 amide bonds. The van der Waals surface area contributed by atoms with E-state index in [4.69, 9.17) is 5.11 Å². The monoisotopic (exact) mass is 279 g/mol. The smallest absolute Gasteiger partial charge is 0.306 e. The third kappa shape index (κ3) is 3.23. The number of rotatable bonds is 3. The number of carbonyl (C=O) groups excluding carboxylic acids is 1. The standard InChI is InChI=1S/C13H17N3O4/c1-9-6-11(17)16(8-14-9)7-12(18)15-4-2-10(3-5-15)13(19)20/h6,8,10H,2-5,7H2,1H3,(H,19,20).